The summed E-state index contributed by atoms with van der Waals surface area (Å²) in [5.41, 5.74) is 2.51. The lowest BCUT2D eigenvalue weighted by atomic mass is 10.1. The Labute approximate surface area is 119 Å². The summed E-state index contributed by atoms with van der Waals surface area (Å²) in [6.07, 6.45) is 0. The topological polar surface area (TPSA) is 54.3 Å². The molecule has 0 amide bonds. The minimum atomic E-state index is -0.884. The van der Waals surface area contributed by atoms with Crippen molar-refractivity contribution in [1.82, 2.24) is 9.88 Å². The zero-order valence-corrected chi connectivity index (χ0v) is 12.5. The lowest BCUT2D eigenvalue weighted by Crippen LogP contribution is -2.23. The van der Waals surface area contributed by atoms with E-state index in [2.05, 4.69) is 43.6 Å². The van der Waals surface area contributed by atoms with E-state index < -0.39 is 5.97 Å². The number of carboxylic acids is 1. The molecule has 0 bridgehead atoms. The van der Waals surface area contributed by atoms with Crippen molar-refractivity contribution in [2.45, 2.75) is 46.3 Å². The zero-order valence-electron chi connectivity index (χ0n) is 12.5. The number of aromatic nitrogens is 1. The molecule has 1 heterocycles. The Morgan fingerprint density at radius 2 is 1.95 bits per heavy atom. The van der Waals surface area contributed by atoms with E-state index in [1.807, 2.05) is 6.07 Å². The van der Waals surface area contributed by atoms with Gasteiger partial charge in [-0.05, 0) is 37.4 Å². The van der Waals surface area contributed by atoms with Crippen LogP contribution in [0.5, 0.6) is 0 Å². The van der Waals surface area contributed by atoms with Crippen LogP contribution in [-0.4, -0.2) is 21.7 Å². The molecule has 4 heteroatoms. The first-order valence-electron chi connectivity index (χ1n) is 7.00. The second-order valence-corrected chi connectivity index (χ2v) is 5.71. The van der Waals surface area contributed by atoms with Crippen molar-refractivity contribution < 1.29 is 9.90 Å². The third-order valence-corrected chi connectivity index (χ3v) is 3.38. The molecule has 108 valence electrons. The minimum Gasteiger partial charge on any atom is -0.478 e. The van der Waals surface area contributed by atoms with Gasteiger partial charge in [0.2, 0.25) is 0 Å². The van der Waals surface area contributed by atoms with Crippen LogP contribution in [0, 0.1) is 0 Å². The summed E-state index contributed by atoms with van der Waals surface area (Å²) in [5, 5.41) is 13.6. The SMILES string of the molecule is CC(C)NCc1cc2ccc(C(=O)O)cc2n1C(C)C. The molecule has 0 spiro atoms. The lowest BCUT2D eigenvalue weighted by Gasteiger charge is -2.16. The van der Waals surface area contributed by atoms with Crippen LogP contribution in [0.2, 0.25) is 0 Å². The fourth-order valence-corrected chi connectivity index (χ4v) is 2.47. The third kappa shape index (κ3) is 2.85. The van der Waals surface area contributed by atoms with Gasteiger partial charge in [-0.15, -0.1) is 0 Å². The number of rotatable bonds is 5. The van der Waals surface area contributed by atoms with E-state index in [1.165, 1.54) is 5.69 Å². The highest BCUT2D eigenvalue weighted by molar-refractivity contribution is 5.93. The Bertz CT molecular complexity index is 627. The average Bonchev–Trinajstić information content (AvgIpc) is 2.73. The highest BCUT2D eigenvalue weighted by Gasteiger charge is 2.13. The quantitative estimate of drug-likeness (QED) is 0.878. The summed E-state index contributed by atoms with van der Waals surface area (Å²) in [4.78, 5) is 11.1. The molecule has 0 saturated carbocycles. The van der Waals surface area contributed by atoms with Gasteiger partial charge in [-0.3, -0.25) is 0 Å². The van der Waals surface area contributed by atoms with Crippen molar-refractivity contribution in [1.29, 1.82) is 0 Å². The molecule has 2 rings (SSSR count). The second-order valence-electron chi connectivity index (χ2n) is 5.71. The van der Waals surface area contributed by atoms with Gasteiger partial charge in [0.1, 0.15) is 0 Å². The van der Waals surface area contributed by atoms with Gasteiger partial charge in [-0.25, -0.2) is 4.79 Å². The van der Waals surface area contributed by atoms with Gasteiger partial charge in [0.05, 0.1) is 5.56 Å². The van der Waals surface area contributed by atoms with E-state index in [1.54, 1.807) is 12.1 Å². The average molecular weight is 274 g/mol. The number of hydrogen-bond acceptors (Lipinski definition) is 2. The van der Waals surface area contributed by atoms with Crippen LogP contribution in [0.1, 0.15) is 49.8 Å². The van der Waals surface area contributed by atoms with Gasteiger partial charge in [0.25, 0.3) is 0 Å². The van der Waals surface area contributed by atoms with Crippen molar-refractivity contribution >= 4 is 16.9 Å². The zero-order chi connectivity index (χ0) is 14.9. The molecule has 1 aromatic heterocycles. The van der Waals surface area contributed by atoms with Crippen molar-refractivity contribution in [3.63, 3.8) is 0 Å². The maximum Gasteiger partial charge on any atom is 0.335 e. The molecule has 0 radical (unpaired) electrons. The van der Waals surface area contributed by atoms with Crippen LogP contribution in [0.25, 0.3) is 10.9 Å². The Kier molecular flexibility index (Phi) is 4.14. The maximum atomic E-state index is 11.1. The van der Waals surface area contributed by atoms with Crippen LogP contribution < -0.4 is 5.32 Å². The second kappa shape index (κ2) is 5.67. The number of hydrogen-bond donors (Lipinski definition) is 2. The first-order valence-corrected chi connectivity index (χ1v) is 7.00. The van der Waals surface area contributed by atoms with Gasteiger partial charge in [-0.2, -0.15) is 0 Å². The number of fused-ring (bicyclic) bond motifs is 1. The monoisotopic (exact) mass is 274 g/mol. The molecular formula is C16H22N2O2. The third-order valence-electron chi connectivity index (χ3n) is 3.38. The van der Waals surface area contributed by atoms with Crippen molar-refractivity contribution in [3.05, 3.63) is 35.5 Å². The Morgan fingerprint density at radius 3 is 2.50 bits per heavy atom. The predicted octanol–water partition coefficient (Wildman–Crippen LogP) is 3.42. The van der Waals surface area contributed by atoms with E-state index in [0.29, 0.717) is 17.6 Å². The van der Waals surface area contributed by atoms with Gasteiger partial charge in [0, 0.05) is 29.8 Å². The lowest BCUT2D eigenvalue weighted by molar-refractivity contribution is 0.0697. The number of carbonyl (C=O) groups is 1. The largest absolute Gasteiger partial charge is 0.478 e. The minimum absolute atomic E-state index is 0.292. The normalized spacial score (nSPS) is 11.7. The van der Waals surface area contributed by atoms with Crippen LogP contribution in [0.15, 0.2) is 24.3 Å². The van der Waals surface area contributed by atoms with E-state index in [9.17, 15) is 4.79 Å². The van der Waals surface area contributed by atoms with Gasteiger partial charge in [-0.1, -0.05) is 19.9 Å². The molecule has 0 aliphatic carbocycles. The molecule has 0 aliphatic heterocycles. The molecule has 2 aromatic rings. The van der Waals surface area contributed by atoms with E-state index >= 15 is 0 Å². The first kappa shape index (κ1) is 14.6. The summed E-state index contributed by atoms with van der Waals surface area (Å²) in [5.74, 6) is -0.884. The van der Waals surface area contributed by atoms with Crippen LogP contribution in [-0.2, 0) is 6.54 Å². The molecule has 20 heavy (non-hydrogen) atoms. The molecule has 0 atom stereocenters. The molecule has 2 N–H and O–H groups in total. The van der Waals surface area contributed by atoms with E-state index in [4.69, 9.17) is 5.11 Å². The fourth-order valence-electron chi connectivity index (χ4n) is 2.47. The number of nitrogens with zero attached hydrogens (tertiary/aromatic N) is 1. The Morgan fingerprint density at radius 1 is 1.25 bits per heavy atom. The molecule has 0 fully saturated rings. The van der Waals surface area contributed by atoms with Gasteiger partial charge < -0.3 is 15.0 Å². The van der Waals surface area contributed by atoms with Crippen molar-refractivity contribution in [2.75, 3.05) is 0 Å². The summed E-state index contributed by atoms with van der Waals surface area (Å²) >= 11 is 0. The van der Waals surface area contributed by atoms with Crippen LogP contribution in [0.4, 0.5) is 0 Å². The molecular weight excluding hydrogens is 252 g/mol. The first-order chi connectivity index (χ1) is 9.40. The number of nitrogens with one attached hydrogen (secondary N) is 1. The van der Waals surface area contributed by atoms with Crippen molar-refractivity contribution in [3.8, 4) is 0 Å². The summed E-state index contributed by atoms with van der Waals surface area (Å²) in [6.45, 7) is 9.25. The maximum absolute atomic E-state index is 11.1. The summed E-state index contributed by atoms with van der Waals surface area (Å²) in [7, 11) is 0. The standard InChI is InChI=1S/C16H22N2O2/c1-10(2)17-9-14-7-12-5-6-13(16(19)20)8-15(12)18(14)11(3)4/h5-8,10-11,17H,9H2,1-4H3,(H,19,20). The van der Waals surface area contributed by atoms with E-state index in [0.717, 1.165) is 17.4 Å². The van der Waals surface area contributed by atoms with Crippen molar-refractivity contribution in [2.24, 2.45) is 0 Å². The van der Waals surface area contributed by atoms with E-state index in [-0.39, 0.29) is 0 Å². The Hall–Kier alpha value is -1.81. The van der Waals surface area contributed by atoms with Crippen LogP contribution >= 0.6 is 0 Å². The highest BCUT2D eigenvalue weighted by atomic mass is 16.4. The summed E-state index contributed by atoms with van der Waals surface area (Å²) in [6, 6.07) is 8.15. The fraction of sp³-hybridized carbons (Fsp3) is 0.438. The van der Waals surface area contributed by atoms with Crippen LogP contribution in [0.3, 0.4) is 0 Å². The number of aromatic carboxylic acids is 1. The summed E-state index contributed by atoms with van der Waals surface area (Å²) < 4.78 is 2.21. The molecule has 0 saturated heterocycles. The molecule has 0 aliphatic rings. The molecule has 1 aromatic carbocycles. The Balaban J connectivity index is 2.52. The molecule has 0 unspecified atom stereocenters. The molecule has 4 nitrogen and oxygen atoms in total. The van der Waals surface area contributed by atoms with Gasteiger partial charge in [0.15, 0.2) is 0 Å². The number of benzene rings is 1. The van der Waals surface area contributed by atoms with Gasteiger partial charge >= 0.3 is 5.97 Å². The number of carboxylic acid groups (broad SMARTS) is 1. The smallest absolute Gasteiger partial charge is 0.335 e. The highest BCUT2D eigenvalue weighted by Crippen LogP contribution is 2.25. The predicted molar refractivity (Wildman–Crippen MR) is 81.3 cm³/mol.